The van der Waals surface area contributed by atoms with Crippen molar-refractivity contribution in [3.63, 3.8) is 0 Å². The van der Waals surface area contributed by atoms with Gasteiger partial charge in [0.1, 0.15) is 36.3 Å². The lowest BCUT2D eigenvalue weighted by Crippen LogP contribution is -2.38. The average molecular weight is 563 g/mol. The summed E-state index contributed by atoms with van der Waals surface area (Å²) in [4.78, 5) is 13.2. The highest BCUT2D eigenvalue weighted by Gasteiger charge is 2.36. The highest BCUT2D eigenvalue weighted by atomic mass is 19.4. The summed E-state index contributed by atoms with van der Waals surface area (Å²) in [6.45, 7) is -0.436. The Morgan fingerprint density at radius 1 is 1.05 bits per heavy atom. The van der Waals surface area contributed by atoms with E-state index in [1.165, 1.54) is 6.07 Å². The fraction of sp³-hybridized carbons (Fsp3) is 0.423. The molecule has 2 heterocycles. The van der Waals surface area contributed by atoms with Crippen LogP contribution in [0.3, 0.4) is 0 Å². The van der Waals surface area contributed by atoms with Gasteiger partial charge in [-0.2, -0.15) is 26.3 Å². The van der Waals surface area contributed by atoms with Crippen LogP contribution < -0.4 is 14.2 Å². The first kappa shape index (κ1) is 28.5. The quantitative estimate of drug-likeness (QED) is 0.402. The molecule has 1 N–H and O–H groups in total. The molecule has 0 atom stereocenters. The summed E-state index contributed by atoms with van der Waals surface area (Å²) in [7, 11) is 0. The Kier molecular flexibility index (Phi) is 8.28. The summed E-state index contributed by atoms with van der Waals surface area (Å²) in [6.07, 6.45) is -7.07. The maximum Gasteiger partial charge on any atom is 0.422 e. The molecule has 0 spiro atoms. The van der Waals surface area contributed by atoms with Gasteiger partial charge >= 0.3 is 18.3 Å². The third kappa shape index (κ3) is 7.55. The number of ether oxygens (including phenoxy) is 3. The molecule has 2 aromatic rings. The number of fused-ring (bicyclic) bond motifs is 1. The number of halogens is 7. The molecule has 39 heavy (non-hydrogen) atoms. The van der Waals surface area contributed by atoms with E-state index in [2.05, 4.69) is 9.64 Å². The first-order chi connectivity index (χ1) is 18.3. The molecule has 4 rings (SSSR count). The lowest BCUT2D eigenvalue weighted by atomic mass is 9.96. The number of benzene rings is 2. The van der Waals surface area contributed by atoms with Crippen molar-refractivity contribution in [2.75, 3.05) is 32.8 Å². The number of aliphatic carboxylic acids is 1. The van der Waals surface area contributed by atoms with Crippen molar-refractivity contribution in [1.82, 2.24) is 4.90 Å². The van der Waals surface area contributed by atoms with Gasteiger partial charge in [0.05, 0.1) is 17.0 Å². The molecular formula is C26H24F7NO5. The molecule has 212 valence electrons. The number of hydrogen-bond donors (Lipinski definition) is 1. The number of rotatable bonds is 8. The standard InChI is InChI=1S/C26H24F7NO5/c27-21-9-18(37-12-15-1-2-22(39-14-25(28,29)30)20(8-15)26(31,32)33)10-23-19(21)7-16(13-38-23)11-34-5-3-17(4-6-34)24(35)36/h1-2,7-10,17H,3-6,11-14H2,(H,35,36). The van der Waals surface area contributed by atoms with Crippen LogP contribution in [-0.4, -0.2) is 55.0 Å². The van der Waals surface area contributed by atoms with E-state index in [9.17, 15) is 35.5 Å². The Labute approximate surface area is 218 Å². The van der Waals surface area contributed by atoms with Crippen molar-refractivity contribution >= 4 is 12.0 Å². The van der Waals surface area contributed by atoms with E-state index in [4.69, 9.17) is 14.6 Å². The summed E-state index contributed by atoms with van der Waals surface area (Å²) in [5.41, 5.74) is -0.418. The van der Waals surface area contributed by atoms with Crippen molar-refractivity contribution in [1.29, 1.82) is 0 Å². The third-order valence-corrected chi connectivity index (χ3v) is 6.34. The molecule has 1 fully saturated rings. The smallest absolute Gasteiger partial charge is 0.422 e. The topological polar surface area (TPSA) is 68.2 Å². The molecule has 0 unspecified atom stereocenters. The van der Waals surface area contributed by atoms with Gasteiger partial charge in [0.25, 0.3) is 0 Å². The maximum atomic E-state index is 14.9. The van der Waals surface area contributed by atoms with Crippen LogP contribution in [0.1, 0.15) is 29.5 Å². The predicted molar refractivity (Wildman–Crippen MR) is 124 cm³/mol. The first-order valence-electron chi connectivity index (χ1n) is 11.9. The zero-order valence-electron chi connectivity index (χ0n) is 20.4. The van der Waals surface area contributed by atoms with Gasteiger partial charge in [-0.05, 0) is 55.3 Å². The van der Waals surface area contributed by atoms with Gasteiger partial charge in [-0.25, -0.2) is 4.39 Å². The third-order valence-electron chi connectivity index (χ3n) is 6.34. The van der Waals surface area contributed by atoms with Gasteiger partial charge in [-0.15, -0.1) is 0 Å². The fourth-order valence-corrected chi connectivity index (χ4v) is 4.39. The highest BCUT2D eigenvalue weighted by molar-refractivity contribution is 5.70. The molecule has 13 heteroatoms. The number of hydrogen-bond acceptors (Lipinski definition) is 5. The summed E-state index contributed by atoms with van der Waals surface area (Å²) >= 11 is 0. The van der Waals surface area contributed by atoms with Gasteiger partial charge in [-0.1, -0.05) is 6.07 Å². The Bertz CT molecular complexity index is 1230. The number of carboxylic acid groups (broad SMARTS) is 1. The van der Waals surface area contributed by atoms with Crippen molar-refractivity contribution in [2.45, 2.75) is 31.8 Å². The zero-order valence-corrected chi connectivity index (χ0v) is 20.4. The van der Waals surface area contributed by atoms with E-state index in [1.54, 1.807) is 6.08 Å². The monoisotopic (exact) mass is 563 g/mol. The Balaban J connectivity index is 1.41. The van der Waals surface area contributed by atoms with Crippen molar-refractivity contribution in [3.05, 3.63) is 58.4 Å². The van der Waals surface area contributed by atoms with Crippen LogP contribution in [0.4, 0.5) is 30.7 Å². The largest absolute Gasteiger partial charge is 0.489 e. The predicted octanol–water partition coefficient (Wildman–Crippen LogP) is 5.94. The molecule has 0 aliphatic carbocycles. The Morgan fingerprint density at radius 3 is 2.41 bits per heavy atom. The zero-order chi connectivity index (χ0) is 28.4. The molecule has 0 amide bonds. The van der Waals surface area contributed by atoms with Crippen LogP contribution in [0.15, 0.2) is 35.9 Å². The van der Waals surface area contributed by atoms with Gasteiger partial charge in [0.15, 0.2) is 6.61 Å². The number of carboxylic acids is 1. The molecule has 2 aliphatic heterocycles. The van der Waals surface area contributed by atoms with E-state index in [0.29, 0.717) is 38.5 Å². The number of likely N-dealkylation sites (tertiary alicyclic amines) is 1. The van der Waals surface area contributed by atoms with E-state index < -0.39 is 48.7 Å². The van der Waals surface area contributed by atoms with Crippen LogP contribution in [0.5, 0.6) is 17.2 Å². The Hall–Kier alpha value is -3.48. The van der Waals surface area contributed by atoms with Crippen LogP contribution in [0.25, 0.3) is 6.08 Å². The fourth-order valence-electron chi connectivity index (χ4n) is 4.39. The molecule has 0 aromatic heterocycles. The van der Waals surface area contributed by atoms with Crippen molar-refractivity contribution < 1.29 is 54.8 Å². The van der Waals surface area contributed by atoms with Crippen LogP contribution in [0, 0.1) is 11.7 Å². The van der Waals surface area contributed by atoms with Gasteiger partial charge < -0.3 is 19.3 Å². The SMILES string of the molecule is O=C(O)C1CCN(CC2=Cc3c(F)cc(OCc4ccc(OCC(F)(F)F)c(C(F)(F)F)c4)cc3OC2)CC1. The van der Waals surface area contributed by atoms with Crippen LogP contribution >= 0.6 is 0 Å². The van der Waals surface area contributed by atoms with Crippen LogP contribution in [0.2, 0.25) is 0 Å². The molecule has 0 saturated carbocycles. The summed E-state index contributed by atoms with van der Waals surface area (Å²) in [5.74, 6) is -2.64. The molecule has 2 aromatic carbocycles. The first-order valence-corrected chi connectivity index (χ1v) is 11.9. The lowest BCUT2D eigenvalue weighted by Gasteiger charge is -2.31. The van der Waals surface area contributed by atoms with E-state index >= 15 is 0 Å². The highest BCUT2D eigenvalue weighted by Crippen LogP contribution is 2.38. The van der Waals surface area contributed by atoms with E-state index in [0.717, 1.165) is 23.8 Å². The molecule has 0 bridgehead atoms. The normalized spacial score (nSPS) is 16.7. The van der Waals surface area contributed by atoms with Crippen LogP contribution in [-0.2, 0) is 17.6 Å². The van der Waals surface area contributed by atoms with Gasteiger partial charge in [-0.3, -0.25) is 9.69 Å². The second kappa shape index (κ2) is 11.3. The number of nitrogens with zero attached hydrogens (tertiary/aromatic N) is 1. The number of alkyl halides is 6. The molecule has 1 saturated heterocycles. The Morgan fingerprint density at radius 2 is 1.77 bits per heavy atom. The summed E-state index contributed by atoms with van der Waals surface area (Å²) in [6, 6.07) is 4.98. The minimum absolute atomic E-state index is 0.00944. The molecular weight excluding hydrogens is 539 g/mol. The number of carbonyl (C=O) groups is 1. The van der Waals surface area contributed by atoms with Gasteiger partial charge in [0.2, 0.25) is 0 Å². The number of piperidine rings is 1. The summed E-state index contributed by atoms with van der Waals surface area (Å²) < 4.78 is 108. The van der Waals surface area contributed by atoms with Crippen molar-refractivity contribution in [3.8, 4) is 17.2 Å². The minimum atomic E-state index is -4.97. The molecule has 2 aliphatic rings. The maximum absolute atomic E-state index is 14.9. The average Bonchev–Trinajstić information content (AvgIpc) is 2.86. The molecule has 0 radical (unpaired) electrons. The minimum Gasteiger partial charge on any atom is -0.489 e. The van der Waals surface area contributed by atoms with E-state index in [1.807, 2.05) is 0 Å². The van der Waals surface area contributed by atoms with Crippen molar-refractivity contribution in [2.24, 2.45) is 5.92 Å². The lowest BCUT2D eigenvalue weighted by molar-refractivity contribution is -0.158. The van der Waals surface area contributed by atoms with Gasteiger partial charge in [0, 0.05) is 18.7 Å². The molecule has 6 nitrogen and oxygen atoms in total. The van der Waals surface area contributed by atoms with E-state index in [-0.39, 0.29) is 35.2 Å². The summed E-state index contributed by atoms with van der Waals surface area (Å²) in [5, 5.41) is 9.12. The second-order valence-corrected chi connectivity index (χ2v) is 9.32. The second-order valence-electron chi connectivity index (χ2n) is 9.32.